The molecule has 3 aromatic rings. The third-order valence-electron chi connectivity index (χ3n) is 2.40. The van der Waals surface area contributed by atoms with Crippen LogP contribution in [0.15, 0.2) is 24.5 Å². The fraction of sp³-hybridized carbons (Fsp3) is 0.100. The second kappa shape index (κ2) is 4.32. The van der Waals surface area contributed by atoms with Crippen molar-refractivity contribution in [2.24, 2.45) is 0 Å². The van der Waals surface area contributed by atoms with Gasteiger partial charge in [0.1, 0.15) is 18.0 Å². The van der Waals surface area contributed by atoms with E-state index in [0.717, 1.165) is 5.39 Å². The van der Waals surface area contributed by atoms with Gasteiger partial charge in [0, 0.05) is 11.5 Å². The zero-order valence-electron chi connectivity index (χ0n) is 9.13. The maximum atomic E-state index is 13.1. The van der Waals surface area contributed by atoms with Crippen molar-refractivity contribution in [3.63, 3.8) is 0 Å². The summed E-state index contributed by atoms with van der Waals surface area (Å²) in [6.07, 6.45) is 1.38. The molecule has 1 aromatic carbocycles. The van der Waals surface area contributed by atoms with Crippen LogP contribution in [0.25, 0.3) is 10.9 Å². The lowest BCUT2D eigenvalue weighted by Gasteiger charge is -2.05. The molecule has 18 heavy (non-hydrogen) atoms. The molecule has 8 heteroatoms. The Labute approximate surface area is 100 Å². The first-order valence-electron chi connectivity index (χ1n) is 5.19. The summed E-state index contributed by atoms with van der Waals surface area (Å²) in [6.45, 7) is 0.375. The van der Waals surface area contributed by atoms with Gasteiger partial charge in [-0.3, -0.25) is 0 Å². The average molecular weight is 245 g/mol. The second-order valence-corrected chi connectivity index (χ2v) is 3.57. The molecule has 90 valence electrons. The number of H-pyrrole nitrogens is 1. The van der Waals surface area contributed by atoms with Gasteiger partial charge in [-0.25, -0.2) is 14.4 Å². The van der Waals surface area contributed by atoms with E-state index in [0.29, 0.717) is 23.7 Å². The van der Waals surface area contributed by atoms with E-state index in [1.54, 1.807) is 6.07 Å². The monoisotopic (exact) mass is 245 g/mol. The number of aromatic nitrogens is 6. The van der Waals surface area contributed by atoms with Gasteiger partial charge in [0.05, 0.1) is 12.1 Å². The molecule has 7 nitrogen and oxygen atoms in total. The van der Waals surface area contributed by atoms with Crippen LogP contribution in [-0.4, -0.2) is 30.6 Å². The van der Waals surface area contributed by atoms with Crippen molar-refractivity contribution in [2.45, 2.75) is 6.54 Å². The first-order valence-corrected chi connectivity index (χ1v) is 5.19. The number of nitrogens with zero attached hydrogens (tertiary/aromatic N) is 5. The van der Waals surface area contributed by atoms with Crippen LogP contribution < -0.4 is 5.32 Å². The molecule has 2 N–H and O–H groups in total. The van der Waals surface area contributed by atoms with Crippen molar-refractivity contribution in [1.29, 1.82) is 0 Å². The van der Waals surface area contributed by atoms with E-state index in [1.165, 1.54) is 18.5 Å². The lowest BCUT2D eigenvalue weighted by atomic mass is 10.2. The van der Waals surface area contributed by atoms with Crippen LogP contribution in [0.4, 0.5) is 10.2 Å². The van der Waals surface area contributed by atoms with Gasteiger partial charge in [0.15, 0.2) is 5.82 Å². The molecular formula is C10H8FN7. The third-order valence-corrected chi connectivity index (χ3v) is 2.40. The highest BCUT2D eigenvalue weighted by Crippen LogP contribution is 2.19. The molecule has 0 bridgehead atoms. The number of halogens is 1. The summed E-state index contributed by atoms with van der Waals surface area (Å²) < 4.78 is 13.1. The van der Waals surface area contributed by atoms with Gasteiger partial charge < -0.3 is 5.32 Å². The van der Waals surface area contributed by atoms with Crippen LogP contribution in [0.5, 0.6) is 0 Å². The Morgan fingerprint density at radius 3 is 3.06 bits per heavy atom. The van der Waals surface area contributed by atoms with E-state index >= 15 is 0 Å². The number of fused-ring (bicyclic) bond motifs is 1. The number of hydrogen-bond acceptors (Lipinski definition) is 6. The summed E-state index contributed by atoms with van der Waals surface area (Å²) in [4.78, 5) is 8.11. The summed E-state index contributed by atoms with van der Waals surface area (Å²) >= 11 is 0. The van der Waals surface area contributed by atoms with Crippen LogP contribution >= 0.6 is 0 Å². The maximum Gasteiger partial charge on any atom is 0.193 e. The van der Waals surface area contributed by atoms with Crippen LogP contribution in [0.2, 0.25) is 0 Å². The minimum absolute atomic E-state index is 0.328. The molecule has 2 heterocycles. The van der Waals surface area contributed by atoms with E-state index in [2.05, 4.69) is 35.9 Å². The van der Waals surface area contributed by atoms with Crippen molar-refractivity contribution in [3.8, 4) is 0 Å². The van der Waals surface area contributed by atoms with Crippen molar-refractivity contribution in [2.75, 3.05) is 5.32 Å². The predicted molar refractivity (Wildman–Crippen MR) is 61.0 cm³/mol. The number of nitrogens with one attached hydrogen (secondary N) is 2. The normalized spacial score (nSPS) is 10.7. The molecule has 0 saturated heterocycles. The first kappa shape index (κ1) is 10.5. The van der Waals surface area contributed by atoms with Gasteiger partial charge in [-0.1, -0.05) is 5.21 Å². The van der Waals surface area contributed by atoms with E-state index in [9.17, 15) is 4.39 Å². The van der Waals surface area contributed by atoms with E-state index in [4.69, 9.17) is 0 Å². The molecule has 0 radical (unpaired) electrons. The molecule has 0 fully saturated rings. The fourth-order valence-electron chi connectivity index (χ4n) is 1.59. The van der Waals surface area contributed by atoms with Crippen LogP contribution in [0.3, 0.4) is 0 Å². The smallest absolute Gasteiger partial charge is 0.193 e. The summed E-state index contributed by atoms with van der Waals surface area (Å²) in [6, 6.07) is 4.35. The Morgan fingerprint density at radius 1 is 1.28 bits per heavy atom. The lowest BCUT2D eigenvalue weighted by molar-refractivity contribution is 0.629. The summed E-state index contributed by atoms with van der Waals surface area (Å²) in [7, 11) is 0. The van der Waals surface area contributed by atoms with Crippen molar-refractivity contribution < 1.29 is 4.39 Å². The number of anilines is 1. The number of tetrazole rings is 1. The topological polar surface area (TPSA) is 92.3 Å². The van der Waals surface area contributed by atoms with Gasteiger partial charge in [-0.15, -0.1) is 10.2 Å². The molecule has 0 amide bonds. The van der Waals surface area contributed by atoms with Gasteiger partial charge in [0.2, 0.25) is 0 Å². The summed E-state index contributed by atoms with van der Waals surface area (Å²) in [5.74, 6) is 0.791. The number of aromatic amines is 1. The van der Waals surface area contributed by atoms with Crippen molar-refractivity contribution in [1.82, 2.24) is 30.6 Å². The highest BCUT2D eigenvalue weighted by atomic mass is 19.1. The fourth-order valence-corrected chi connectivity index (χ4v) is 1.59. The van der Waals surface area contributed by atoms with E-state index in [-0.39, 0.29) is 5.82 Å². The van der Waals surface area contributed by atoms with Gasteiger partial charge in [-0.05, 0) is 12.1 Å². The van der Waals surface area contributed by atoms with Crippen LogP contribution in [-0.2, 0) is 6.54 Å². The van der Waals surface area contributed by atoms with Gasteiger partial charge >= 0.3 is 0 Å². The quantitative estimate of drug-likeness (QED) is 0.712. The van der Waals surface area contributed by atoms with E-state index < -0.39 is 0 Å². The SMILES string of the molecule is Fc1ccc2c(NCc3nn[nH]n3)ncnc2c1. The zero-order chi connectivity index (χ0) is 12.4. The third kappa shape index (κ3) is 1.95. The molecular weight excluding hydrogens is 237 g/mol. The molecule has 0 spiro atoms. The van der Waals surface area contributed by atoms with Crippen LogP contribution in [0, 0.1) is 5.82 Å². The summed E-state index contributed by atoms with van der Waals surface area (Å²) in [5, 5.41) is 17.2. The molecule has 2 aromatic heterocycles. The molecule has 0 saturated carbocycles. The molecule has 0 aliphatic heterocycles. The molecule has 0 aliphatic carbocycles. The minimum atomic E-state index is -0.328. The first-order chi connectivity index (χ1) is 8.83. The van der Waals surface area contributed by atoms with Crippen molar-refractivity contribution in [3.05, 3.63) is 36.2 Å². The highest BCUT2D eigenvalue weighted by Gasteiger charge is 2.05. The molecule has 0 aliphatic rings. The largest absolute Gasteiger partial charge is 0.362 e. The van der Waals surface area contributed by atoms with E-state index in [1.807, 2.05) is 0 Å². The highest BCUT2D eigenvalue weighted by molar-refractivity contribution is 5.88. The van der Waals surface area contributed by atoms with Crippen LogP contribution in [0.1, 0.15) is 5.82 Å². The lowest BCUT2D eigenvalue weighted by Crippen LogP contribution is -2.04. The Balaban J connectivity index is 1.92. The number of rotatable bonds is 3. The minimum Gasteiger partial charge on any atom is -0.362 e. The standard InChI is InChI=1S/C10H8FN7/c11-6-1-2-7-8(3-6)13-5-14-10(7)12-4-9-15-17-18-16-9/h1-3,5H,4H2,(H,12,13,14)(H,15,16,17,18). The maximum absolute atomic E-state index is 13.1. The Kier molecular flexibility index (Phi) is 2.52. The Bertz CT molecular complexity index is 667. The molecule has 0 unspecified atom stereocenters. The van der Waals surface area contributed by atoms with Crippen molar-refractivity contribution >= 4 is 16.7 Å². The molecule has 0 atom stereocenters. The Morgan fingerprint density at radius 2 is 2.22 bits per heavy atom. The number of hydrogen-bond donors (Lipinski definition) is 2. The second-order valence-electron chi connectivity index (χ2n) is 3.57. The predicted octanol–water partition coefficient (Wildman–Crippen LogP) is 0.894. The average Bonchev–Trinajstić information content (AvgIpc) is 2.89. The Hall–Kier alpha value is -2.64. The zero-order valence-corrected chi connectivity index (χ0v) is 9.13. The summed E-state index contributed by atoms with van der Waals surface area (Å²) in [5.41, 5.74) is 0.542. The number of benzene rings is 1. The van der Waals surface area contributed by atoms with Gasteiger partial charge in [-0.2, -0.15) is 5.21 Å². The van der Waals surface area contributed by atoms with Gasteiger partial charge in [0.25, 0.3) is 0 Å². The molecule has 3 rings (SSSR count).